The molecule has 0 radical (unpaired) electrons. The van der Waals surface area contributed by atoms with E-state index in [1.54, 1.807) is 0 Å². The Kier molecular flexibility index (Phi) is 4.30. The molecule has 0 aliphatic rings. The van der Waals surface area contributed by atoms with Gasteiger partial charge >= 0.3 is 5.97 Å². The summed E-state index contributed by atoms with van der Waals surface area (Å²) >= 11 is 2.33. The number of thiophene rings is 1. The Balaban J connectivity index is 2.06. The van der Waals surface area contributed by atoms with Crippen LogP contribution in [0.5, 0.6) is 0 Å². The zero-order chi connectivity index (χ0) is 13.9. The number of carboxylic acids is 1. The highest BCUT2D eigenvalue weighted by molar-refractivity contribution is 7.91. The predicted octanol–water partition coefficient (Wildman–Crippen LogP) is 1.42. The van der Waals surface area contributed by atoms with Gasteiger partial charge in [0.2, 0.25) is 0 Å². The van der Waals surface area contributed by atoms with Crippen molar-refractivity contribution in [2.75, 3.05) is 6.54 Å². The van der Waals surface area contributed by atoms with Crippen molar-refractivity contribution in [3.05, 3.63) is 33.6 Å². The highest BCUT2D eigenvalue weighted by atomic mass is 32.2. The van der Waals surface area contributed by atoms with Crippen LogP contribution in [0.15, 0.2) is 26.5 Å². The quantitative estimate of drug-likeness (QED) is 0.840. The Hall–Kier alpha value is -1.29. The number of hydrogen-bond acceptors (Lipinski definition) is 6. The molecule has 0 spiro atoms. The topological polar surface area (TPSA) is 96.4 Å². The second-order valence-electron chi connectivity index (χ2n) is 3.57. The van der Waals surface area contributed by atoms with E-state index in [4.69, 9.17) is 5.11 Å². The number of nitrogens with one attached hydrogen (secondary N) is 1. The molecule has 0 saturated carbocycles. The lowest BCUT2D eigenvalue weighted by atomic mass is 10.2. The first kappa shape index (κ1) is 14.1. The van der Waals surface area contributed by atoms with Crippen molar-refractivity contribution in [3.8, 4) is 0 Å². The van der Waals surface area contributed by atoms with Crippen LogP contribution in [0.4, 0.5) is 0 Å². The lowest BCUT2D eigenvalue weighted by Gasteiger charge is -2.04. The molecule has 2 rings (SSSR count). The van der Waals surface area contributed by atoms with E-state index in [1.807, 2.05) is 16.8 Å². The maximum Gasteiger partial charge on any atom is 0.356 e. The van der Waals surface area contributed by atoms with E-state index in [-0.39, 0.29) is 10.8 Å². The summed E-state index contributed by atoms with van der Waals surface area (Å²) in [6.45, 7) is 0.218. The molecule has 0 fully saturated rings. The van der Waals surface area contributed by atoms with E-state index in [1.165, 1.54) is 16.8 Å². The fourth-order valence-electron chi connectivity index (χ4n) is 1.40. The molecule has 0 bridgehead atoms. The number of aromatic carboxylic acids is 1. The van der Waals surface area contributed by atoms with Crippen LogP contribution in [0.2, 0.25) is 0 Å². The summed E-state index contributed by atoms with van der Waals surface area (Å²) in [5.74, 6) is -1.35. The summed E-state index contributed by atoms with van der Waals surface area (Å²) < 4.78 is 26.0. The summed E-state index contributed by atoms with van der Waals surface area (Å²) in [4.78, 5) is 14.4. The fourth-order valence-corrected chi connectivity index (χ4v) is 4.32. The van der Waals surface area contributed by atoms with E-state index in [2.05, 4.69) is 9.71 Å². The average molecular weight is 318 g/mol. The van der Waals surface area contributed by atoms with Crippen molar-refractivity contribution >= 4 is 38.7 Å². The van der Waals surface area contributed by atoms with Crippen molar-refractivity contribution in [2.45, 2.75) is 10.6 Å². The molecule has 19 heavy (non-hydrogen) atoms. The van der Waals surface area contributed by atoms with Gasteiger partial charge in [-0.3, -0.25) is 0 Å². The SMILES string of the molecule is O=C(O)c1ncsc1S(=O)(=O)NCCc1ccsc1. The zero-order valence-corrected chi connectivity index (χ0v) is 12.0. The number of hydrogen-bond donors (Lipinski definition) is 2. The van der Waals surface area contributed by atoms with Crippen molar-refractivity contribution in [1.29, 1.82) is 0 Å². The largest absolute Gasteiger partial charge is 0.476 e. The molecular formula is C10H10N2O4S3. The summed E-state index contributed by atoms with van der Waals surface area (Å²) in [6.07, 6.45) is 0.559. The molecule has 9 heteroatoms. The number of thiazole rings is 1. The van der Waals surface area contributed by atoms with E-state index in [9.17, 15) is 13.2 Å². The number of carbonyl (C=O) groups is 1. The van der Waals surface area contributed by atoms with Crippen LogP contribution >= 0.6 is 22.7 Å². The van der Waals surface area contributed by atoms with Gasteiger partial charge in [-0.1, -0.05) is 0 Å². The number of carboxylic acid groups (broad SMARTS) is 1. The minimum atomic E-state index is -3.82. The Morgan fingerprint density at radius 1 is 1.47 bits per heavy atom. The maximum absolute atomic E-state index is 11.9. The van der Waals surface area contributed by atoms with Crippen LogP contribution in [0.1, 0.15) is 16.1 Å². The second-order valence-corrected chi connectivity index (χ2v) is 7.17. The summed E-state index contributed by atoms with van der Waals surface area (Å²) in [7, 11) is -3.82. The molecule has 0 saturated heterocycles. The Morgan fingerprint density at radius 2 is 2.26 bits per heavy atom. The van der Waals surface area contributed by atoms with E-state index in [0.29, 0.717) is 6.42 Å². The van der Waals surface area contributed by atoms with Gasteiger partial charge in [0.05, 0.1) is 5.51 Å². The molecular weight excluding hydrogens is 308 g/mol. The standard InChI is InChI=1S/C10H10N2O4S3/c13-9(14)8-10(18-6-11-8)19(15,16)12-3-1-7-2-4-17-5-7/h2,4-6,12H,1,3H2,(H,13,14). The third-order valence-corrected chi connectivity index (χ3v) is 5.83. The molecule has 0 unspecified atom stereocenters. The van der Waals surface area contributed by atoms with Crippen molar-refractivity contribution in [3.63, 3.8) is 0 Å². The smallest absolute Gasteiger partial charge is 0.356 e. The minimum absolute atomic E-state index is 0.218. The first-order valence-electron chi connectivity index (χ1n) is 5.18. The monoisotopic (exact) mass is 318 g/mol. The number of rotatable bonds is 6. The molecule has 0 atom stereocenters. The molecule has 2 aromatic rings. The number of sulfonamides is 1. The maximum atomic E-state index is 11.9. The molecule has 0 amide bonds. The first-order chi connectivity index (χ1) is 9.00. The molecule has 6 nitrogen and oxygen atoms in total. The van der Waals surface area contributed by atoms with Crippen LogP contribution in [0.25, 0.3) is 0 Å². The average Bonchev–Trinajstić information content (AvgIpc) is 2.99. The molecule has 0 aliphatic carbocycles. The van der Waals surface area contributed by atoms with Crippen LogP contribution in [0, 0.1) is 0 Å². The van der Waals surface area contributed by atoms with Gasteiger partial charge < -0.3 is 5.11 Å². The van der Waals surface area contributed by atoms with Gasteiger partial charge in [0, 0.05) is 6.54 Å². The Morgan fingerprint density at radius 3 is 2.89 bits per heavy atom. The van der Waals surface area contributed by atoms with Crippen LogP contribution in [-0.2, 0) is 16.4 Å². The van der Waals surface area contributed by atoms with E-state index in [0.717, 1.165) is 16.9 Å². The lowest BCUT2D eigenvalue weighted by Crippen LogP contribution is -2.26. The van der Waals surface area contributed by atoms with Gasteiger partial charge in [0.1, 0.15) is 0 Å². The molecule has 0 aromatic carbocycles. The summed E-state index contributed by atoms with van der Waals surface area (Å²) in [5.41, 5.74) is 1.81. The van der Waals surface area contributed by atoms with Crippen molar-refractivity contribution < 1.29 is 18.3 Å². The lowest BCUT2D eigenvalue weighted by molar-refractivity contribution is 0.0687. The van der Waals surface area contributed by atoms with Gasteiger partial charge in [-0.05, 0) is 28.8 Å². The number of aromatic nitrogens is 1. The van der Waals surface area contributed by atoms with E-state index < -0.39 is 21.7 Å². The Labute approximate surface area is 117 Å². The molecule has 2 aromatic heterocycles. The van der Waals surface area contributed by atoms with Gasteiger partial charge in [0.25, 0.3) is 10.0 Å². The highest BCUT2D eigenvalue weighted by Gasteiger charge is 2.25. The third kappa shape index (κ3) is 3.38. The third-order valence-electron chi connectivity index (χ3n) is 2.27. The molecule has 0 aliphatic heterocycles. The molecule has 2 heterocycles. The van der Waals surface area contributed by atoms with E-state index >= 15 is 0 Å². The summed E-state index contributed by atoms with van der Waals surface area (Å²) in [6, 6.07) is 1.91. The second kappa shape index (κ2) is 5.78. The summed E-state index contributed by atoms with van der Waals surface area (Å²) in [5, 5.41) is 12.7. The van der Waals surface area contributed by atoms with Gasteiger partial charge in [-0.15, -0.1) is 11.3 Å². The van der Waals surface area contributed by atoms with Gasteiger partial charge in [-0.2, -0.15) is 11.3 Å². The van der Waals surface area contributed by atoms with Gasteiger partial charge in [-0.25, -0.2) is 22.9 Å². The van der Waals surface area contributed by atoms with Gasteiger partial charge in [0.15, 0.2) is 9.90 Å². The van der Waals surface area contributed by atoms with Crippen LogP contribution in [-0.4, -0.2) is 31.0 Å². The molecule has 102 valence electrons. The van der Waals surface area contributed by atoms with Crippen LogP contribution in [0.3, 0.4) is 0 Å². The van der Waals surface area contributed by atoms with Crippen molar-refractivity contribution in [1.82, 2.24) is 9.71 Å². The molecule has 2 N–H and O–H groups in total. The predicted molar refractivity (Wildman–Crippen MR) is 72.3 cm³/mol. The normalized spacial score (nSPS) is 11.6. The van der Waals surface area contributed by atoms with Crippen LogP contribution < -0.4 is 4.72 Å². The fraction of sp³-hybridized carbons (Fsp3) is 0.200. The number of nitrogens with zero attached hydrogens (tertiary/aromatic N) is 1. The first-order valence-corrected chi connectivity index (χ1v) is 8.49. The van der Waals surface area contributed by atoms with Crippen molar-refractivity contribution in [2.24, 2.45) is 0 Å². The Bertz CT molecular complexity index is 661. The highest BCUT2D eigenvalue weighted by Crippen LogP contribution is 2.19. The zero-order valence-electron chi connectivity index (χ0n) is 9.57. The minimum Gasteiger partial charge on any atom is -0.476 e.